The van der Waals surface area contributed by atoms with E-state index in [0.29, 0.717) is 12.3 Å². The molecule has 2 N–H and O–H groups in total. The van der Waals surface area contributed by atoms with Crippen molar-refractivity contribution < 1.29 is 14.7 Å². The van der Waals surface area contributed by atoms with Crippen molar-refractivity contribution in [1.29, 1.82) is 0 Å². The highest BCUT2D eigenvalue weighted by atomic mass is 16.4. The minimum Gasteiger partial charge on any atom is -0.481 e. The monoisotopic (exact) mass is 403 g/mol. The van der Waals surface area contributed by atoms with E-state index in [4.69, 9.17) is 0 Å². The average molecular weight is 404 g/mol. The Kier molecular flexibility index (Phi) is 5.76. The molecule has 0 saturated heterocycles. The summed E-state index contributed by atoms with van der Waals surface area (Å²) in [5, 5.41) is 12.6. The van der Waals surface area contributed by atoms with E-state index in [2.05, 4.69) is 11.9 Å². The van der Waals surface area contributed by atoms with Crippen molar-refractivity contribution in [2.24, 2.45) is 11.3 Å². The molecule has 2 aliphatic carbocycles. The summed E-state index contributed by atoms with van der Waals surface area (Å²) in [4.78, 5) is 24.9. The van der Waals surface area contributed by atoms with Gasteiger partial charge in [-0.05, 0) is 66.8 Å². The molecule has 1 atom stereocenters. The van der Waals surface area contributed by atoms with E-state index in [1.54, 1.807) is 0 Å². The number of benzene rings is 2. The van der Waals surface area contributed by atoms with Crippen LogP contribution < -0.4 is 5.32 Å². The summed E-state index contributed by atoms with van der Waals surface area (Å²) < 4.78 is 0. The van der Waals surface area contributed by atoms with E-state index in [1.807, 2.05) is 54.6 Å². The van der Waals surface area contributed by atoms with Gasteiger partial charge < -0.3 is 10.4 Å². The molecule has 4 rings (SSSR count). The van der Waals surface area contributed by atoms with Gasteiger partial charge in [0.1, 0.15) is 0 Å². The average Bonchev–Trinajstić information content (AvgIpc) is 3.33. The first-order chi connectivity index (χ1) is 14.5. The number of nitrogens with one attached hydrogen (secondary N) is 1. The Labute approximate surface area is 178 Å². The van der Waals surface area contributed by atoms with Crippen molar-refractivity contribution in [2.75, 3.05) is 5.32 Å². The van der Waals surface area contributed by atoms with Gasteiger partial charge in [-0.3, -0.25) is 9.59 Å². The minimum atomic E-state index is -0.721. The number of amides is 1. The lowest BCUT2D eigenvalue weighted by Crippen LogP contribution is -2.26. The van der Waals surface area contributed by atoms with Crippen LogP contribution in [-0.2, 0) is 16.0 Å². The summed E-state index contributed by atoms with van der Waals surface area (Å²) in [6, 6.07) is 15.8. The predicted molar refractivity (Wildman–Crippen MR) is 119 cm³/mol. The Hall–Kier alpha value is -2.88. The first-order valence-corrected chi connectivity index (χ1v) is 10.9. The Morgan fingerprint density at radius 3 is 2.43 bits per heavy atom. The van der Waals surface area contributed by atoms with Crippen LogP contribution in [-0.4, -0.2) is 17.0 Å². The second kappa shape index (κ2) is 8.47. The number of anilines is 1. The molecule has 1 amide bonds. The van der Waals surface area contributed by atoms with E-state index in [1.165, 1.54) is 12.8 Å². The first kappa shape index (κ1) is 20.4. The third-order valence-corrected chi connectivity index (χ3v) is 6.73. The van der Waals surface area contributed by atoms with Gasteiger partial charge in [-0.15, -0.1) is 0 Å². The molecule has 30 heavy (non-hydrogen) atoms. The molecule has 0 aromatic heterocycles. The Morgan fingerprint density at radius 1 is 1.13 bits per heavy atom. The molecule has 2 aromatic rings. The summed E-state index contributed by atoms with van der Waals surface area (Å²) in [5.41, 5.74) is 3.18. The highest BCUT2D eigenvalue weighted by Gasteiger charge is 2.49. The van der Waals surface area contributed by atoms with Crippen molar-refractivity contribution in [3.63, 3.8) is 0 Å². The van der Waals surface area contributed by atoms with Crippen LogP contribution in [0.25, 0.3) is 6.08 Å². The summed E-state index contributed by atoms with van der Waals surface area (Å²) in [6.07, 6.45) is 8.26. The lowest BCUT2D eigenvalue weighted by molar-refractivity contribution is -0.143. The normalized spacial score (nSPS) is 18.5. The Balaban J connectivity index is 1.53. The topological polar surface area (TPSA) is 66.4 Å². The van der Waals surface area contributed by atoms with Gasteiger partial charge in [-0.2, -0.15) is 0 Å². The quantitative estimate of drug-likeness (QED) is 0.598. The largest absolute Gasteiger partial charge is 0.481 e. The van der Waals surface area contributed by atoms with Crippen molar-refractivity contribution >= 4 is 23.6 Å². The third-order valence-electron chi connectivity index (χ3n) is 6.73. The van der Waals surface area contributed by atoms with Crippen LogP contribution in [0.4, 0.5) is 5.69 Å². The second-order valence-corrected chi connectivity index (χ2v) is 8.84. The fourth-order valence-corrected chi connectivity index (χ4v) is 4.75. The van der Waals surface area contributed by atoms with E-state index in [-0.39, 0.29) is 11.8 Å². The smallest absolute Gasteiger partial charge is 0.309 e. The van der Waals surface area contributed by atoms with E-state index in [0.717, 1.165) is 48.1 Å². The van der Waals surface area contributed by atoms with Crippen LogP contribution in [0, 0.1) is 11.3 Å². The van der Waals surface area contributed by atoms with Gasteiger partial charge in [0.25, 0.3) is 0 Å². The summed E-state index contributed by atoms with van der Waals surface area (Å²) in [5.74, 6) is -0.528. The summed E-state index contributed by atoms with van der Waals surface area (Å²) >= 11 is 0. The molecule has 4 nitrogen and oxygen atoms in total. The van der Waals surface area contributed by atoms with Crippen molar-refractivity contribution in [2.45, 2.75) is 50.9 Å². The maximum Gasteiger partial charge on any atom is 0.309 e. The van der Waals surface area contributed by atoms with Crippen LogP contribution in [0.1, 0.15) is 61.1 Å². The molecule has 2 fully saturated rings. The number of carbonyl (C=O) groups excluding carboxylic acids is 1. The number of carboxylic acid groups (broad SMARTS) is 1. The third kappa shape index (κ3) is 4.33. The van der Waals surface area contributed by atoms with Gasteiger partial charge in [0.05, 0.1) is 11.3 Å². The molecule has 1 unspecified atom stereocenters. The number of hydrogen-bond donors (Lipinski definition) is 2. The molecule has 2 aliphatic rings. The first-order valence-electron chi connectivity index (χ1n) is 10.9. The van der Waals surface area contributed by atoms with Crippen LogP contribution >= 0.6 is 0 Å². The standard InChI is InChI=1S/C26H29NO3/c1-2-18-10-12-21(13-11-18)23(20-7-3-4-8-20)24(28)27-22-9-5-6-19(16-22)17-26(14-15-26)25(29)30/h2,5-6,9-13,16,20,23H,1,3-4,7-8,14-15,17H2,(H,27,28)(H,29,30). The Morgan fingerprint density at radius 2 is 1.83 bits per heavy atom. The molecule has 4 heteroatoms. The van der Waals surface area contributed by atoms with E-state index in [9.17, 15) is 14.7 Å². The molecule has 2 saturated carbocycles. The highest BCUT2D eigenvalue weighted by Crippen LogP contribution is 2.48. The maximum absolute atomic E-state index is 13.3. The fraction of sp³-hybridized carbons (Fsp3) is 0.385. The molecular weight excluding hydrogens is 374 g/mol. The summed E-state index contributed by atoms with van der Waals surface area (Å²) in [6.45, 7) is 3.81. The molecule has 0 aliphatic heterocycles. The lowest BCUT2D eigenvalue weighted by atomic mass is 9.83. The molecule has 0 heterocycles. The van der Waals surface area contributed by atoms with Crippen molar-refractivity contribution in [3.05, 3.63) is 71.8 Å². The van der Waals surface area contributed by atoms with Crippen LogP contribution in [0.15, 0.2) is 55.1 Å². The SMILES string of the molecule is C=Cc1ccc(C(C(=O)Nc2cccc(CC3(C(=O)O)CC3)c2)C2CCCC2)cc1. The molecule has 2 aromatic carbocycles. The van der Waals surface area contributed by atoms with Crippen LogP contribution in [0.3, 0.4) is 0 Å². The van der Waals surface area contributed by atoms with Gasteiger partial charge in [-0.1, -0.05) is 61.9 Å². The number of hydrogen-bond acceptors (Lipinski definition) is 2. The molecule has 156 valence electrons. The zero-order valence-electron chi connectivity index (χ0n) is 17.3. The van der Waals surface area contributed by atoms with E-state index < -0.39 is 11.4 Å². The number of rotatable bonds is 8. The number of carboxylic acids is 1. The van der Waals surface area contributed by atoms with Crippen molar-refractivity contribution in [3.8, 4) is 0 Å². The molecule has 0 spiro atoms. The predicted octanol–water partition coefficient (Wildman–Crippen LogP) is 5.65. The van der Waals surface area contributed by atoms with Gasteiger partial charge in [0.15, 0.2) is 0 Å². The summed E-state index contributed by atoms with van der Waals surface area (Å²) in [7, 11) is 0. The number of carbonyl (C=O) groups is 2. The van der Waals surface area contributed by atoms with Gasteiger partial charge >= 0.3 is 5.97 Å². The van der Waals surface area contributed by atoms with Gasteiger partial charge in [-0.25, -0.2) is 0 Å². The lowest BCUT2D eigenvalue weighted by Gasteiger charge is -2.23. The number of aliphatic carboxylic acids is 1. The minimum absolute atomic E-state index is 0.0183. The molecular formula is C26H29NO3. The second-order valence-electron chi connectivity index (χ2n) is 8.84. The highest BCUT2D eigenvalue weighted by molar-refractivity contribution is 5.96. The Bertz CT molecular complexity index is 937. The zero-order chi connectivity index (χ0) is 21.1. The van der Waals surface area contributed by atoms with Crippen molar-refractivity contribution in [1.82, 2.24) is 0 Å². The molecule has 0 radical (unpaired) electrons. The molecule has 0 bridgehead atoms. The van der Waals surface area contributed by atoms with Gasteiger partial charge in [0.2, 0.25) is 5.91 Å². The van der Waals surface area contributed by atoms with E-state index >= 15 is 0 Å². The fourth-order valence-electron chi connectivity index (χ4n) is 4.75. The van der Waals surface area contributed by atoms with Crippen LogP contribution in [0.2, 0.25) is 0 Å². The zero-order valence-corrected chi connectivity index (χ0v) is 17.3. The van der Waals surface area contributed by atoms with Gasteiger partial charge in [0, 0.05) is 5.69 Å². The van der Waals surface area contributed by atoms with Crippen LogP contribution in [0.5, 0.6) is 0 Å². The maximum atomic E-state index is 13.3.